The number of fused-ring (bicyclic) bond motifs is 3. The zero-order valence-electron chi connectivity index (χ0n) is 15.6. The Bertz CT molecular complexity index is 949. The monoisotopic (exact) mass is 364 g/mol. The van der Waals surface area contributed by atoms with Crippen molar-refractivity contribution in [3.8, 4) is 5.75 Å². The van der Waals surface area contributed by atoms with Gasteiger partial charge < -0.3 is 14.5 Å². The van der Waals surface area contributed by atoms with Gasteiger partial charge in [0.1, 0.15) is 11.8 Å². The molecule has 3 aromatic rings. The van der Waals surface area contributed by atoms with Crippen molar-refractivity contribution in [2.75, 3.05) is 13.2 Å². The number of esters is 1. The minimum Gasteiger partial charge on any atom is -0.494 e. The maximum Gasteiger partial charge on any atom is 0.323 e. The second kappa shape index (κ2) is 7.45. The molecule has 2 atom stereocenters. The Hall–Kier alpha value is -2.79. The molecule has 2 N–H and O–H groups in total. The Kier molecular flexibility index (Phi) is 4.86. The zero-order valence-corrected chi connectivity index (χ0v) is 15.6. The number of nitrogens with one attached hydrogen (secondary N) is 2. The van der Waals surface area contributed by atoms with Gasteiger partial charge >= 0.3 is 5.97 Å². The minimum absolute atomic E-state index is 0.0905. The number of carbonyl (C=O) groups excluding carboxylic acids is 1. The first kappa shape index (κ1) is 17.6. The van der Waals surface area contributed by atoms with Gasteiger partial charge in [0, 0.05) is 23.0 Å². The highest BCUT2D eigenvalue weighted by atomic mass is 16.5. The lowest BCUT2D eigenvalue weighted by Crippen LogP contribution is -2.45. The number of ether oxygens (including phenoxy) is 2. The van der Waals surface area contributed by atoms with Gasteiger partial charge in [0.2, 0.25) is 0 Å². The predicted octanol–water partition coefficient (Wildman–Crippen LogP) is 3.73. The number of hydrogen-bond acceptors (Lipinski definition) is 4. The van der Waals surface area contributed by atoms with Gasteiger partial charge in [-0.1, -0.05) is 30.3 Å². The average molecular weight is 364 g/mol. The zero-order chi connectivity index (χ0) is 18.8. The van der Waals surface area contributed by atoms with E-state index >= 15 is 0 Å². The molecule has 5 nitrogen and oxygen atoms in total. The van der Waals surface area contributed by atoms with Gasteiger partial charge in [0.25, 0.3) is 0 Å². The van der Waals surface area contributed by atoms with Crippen LogP contribution in [0.15, 0.2) is 48.5 Å². The van der Waals surface area contributed by atoms with E-state index in [-0.39, 0.29) is 18.1 Å². The Balaban J connectivity index is 1.82. The molecule has 0 radical (unpaired) electrons. The quantitative estimate of drug-likeness (QED) is 0.677. The number of hydrogen-bond donors (Lipinski definition) is 2. The summed E-state index contributed by atoms with van der Waals surface area (Å²) in [4.78, 5) is 16.0. The lowest BCUT2D eigenvalue weighted by molar-refractivity contribution is -0.146. The van der Waals surface area contributed by atoms with E-state index in [1.165, 1.54) is 0 Å². The van der Waals surface area contributed by atoms with Crippen molar-refractivity contribution in [1.29, 1.82) is 0 Å². The lowest BCUT2D eigenvalue weighted by atomic mass is 9.90. The molecule has 4 rings (SSSR count). The minimum atomic E-state index is -0.377. The molecule has 2 heterocycles. The molecule has 27 heavy (non-hydrogen) atoms. The van der Waals surface area contributed by atoms with Crippen LogP contribution in [-0.4, -0.2) is 30.2 Å². The Morgan fingerprint density at radius 1 is 1.11 bits per heavy atom. The van der Waals surface area contributed by atoms with E-state index in [0.29, 0.717) is 19.6 Å². The molecule has 2 aromatic carbocycles. The first-order valence-electron chi connectivity index (χ1n) is 9.46. The molecule has 1 aliphatic rings. The fourth-order valence-corrected chi connectivity index (χ4v) is 3.82. The van der Waals surface area contributed by atoms with Crippen LogP contribution in [0.25, 0.3) is 10.9 Å². The molecule has 140 valence electrons. The second-order valence-electron chi connectivity index (χ2n) is 6.68. The van der Waals surface area contributed by atoms with Crippen LogP contribution in [0.1, 0.15) is 36.7 Å². The van der Waals surface area contributed by atoms with Crippen LogP contribution < -0.4 is 10.1 Å². The molecule has 1 aliphatic heterocycles. The van der Waals surface area contributed by atoms with Crippen LogP contribution >= 0.6 is 0 Å². The number of carbonyl (C=O) groups is 1. The first-order chi connectivity index (χ1) is 13.2. The lowest BCUT2D eigenvalue weighted by Gasteiger charge is -2.30. The van der Waals surface area contributed by atoms with Gasteiger partial charge in [-0.2, -0.15) is 0 Å². The van der Waals surface area contributed by atoms with E-state index in [1.807, 2.05) is 44.2 Å². The Morgan fingerprint density at radius 2 is 1.93 bits per heavy atom. The summed E-state index contributed by atoms with van der Waals surface area (Å²) in [6.07, 6.45) is 0.590. The summed E-state index contributed by atoms with van der Waals surface area (Å²) in [6, 6.07) is 15.8. The smallest absolute Gasteiger partial charge is 0.323 e. The van der Waals surface area contributed by atoms with Crippen molar-refractivity contribution in [2.45, 2.75) is 32.4 Å². The molecule has 0 fully saturated rings. The number of rotatable bonds is 5. The van der Waals surface area contributed by atoms with Gasteiger partial charge in [0.15, 0.2) is 0 Å². The molecule has 2 unspecified atom stereocenters. The number of benzene rings is 2. The summed E-state index contributed by atoms with van der Waals surface area (Å²) in [5, 5.41) is 4.58. The van der Waals surface area contributed by atoms with E-state index in [4.69, 9.17) is 9.47 Å². The van der Waals surface area contributed by atoms with Crippen molar-refractivity contribution in [3.05, 3.63) is 65.4 Å². The predicted molar refractivity (Wildman–Crippen MR) is 105 cm³/mol. The maximum absolute atomic E-state index is 12.5. The fraction of sp³-hybridized carbons (Fsp3) is 0.318. The summed E-state index contributed by atoms with van der Waals surface area (Å²) >= 11 is 0. The van der Waals surface area contributed by atoms with Crippen molar-refractivity contribution >= 4 is 16.9 Å². The molecular weight excluding hydrogens is 340 g/mol. The van der Waals surface area contributed by atoms with E-state index in [9.17, 15) is 4.79 Å². The fourth-order valence-electron chi connectivity index (χ4n) is 3.82. The summed E-state index contributed by atoms with van der Waals surface area (Å²) in [5.74, 6) is 0.633. The average Bonchev–Trinajstić information content (AvgIpc) is 3.06. The SMILES string of the molecule is CCOC(=O)C1Cc2c([nH]c3ccc(OCC)cc23)C(c2ccccc2)N1. The highest BCUT2D eigenvalue weighted by Gasteiger charge is 2.34. The van der Waals surface area contributed by atoms with Gasteiger partial charge in [-0.05, 0) is 43.2 Å². The van der Waals surface area contributed by atoms with Crippen molar-refractivity contribution in [1.82, 2.24) is 10.3 Å². The largest absolute Gasteiger partial charge is 0.494 e. The third kappa shape index (κ3) is 3.30. The molecule has 0 saturated carbocycles. The molecule has 1 aromatic heterocycles. The van der Waals surface area contributed by atoms with Crippen molar-refractivity contribution in [3.63, 3.8) is 0 Å². The molecule has 5 heteroatoms. The second-order valence-corrected chi connectivity index (χ2v) is 6.68. The molecular formula is C22H24N2O3. The summed E-state index contributed by atoms with van der Waals surface area (Å²) in [5.41, 5.74) is 4.42. The number of aromatic nitrogens is 1. The van der Waals surface area contributed by atoms with Gasteiger partial charge in [0.05, 0.1) is 19.3 Å². The van der Waals surface area contributed by atoms with Crippen LogP contribution in [0, 0.1) is 0 Å². The highest BCUT2D eigenvalue weighted by molar-refractivity contribution is 5.88. The molecule has 0 spiro atoms. The van der Waals surface area contributed by atoms with Crippen LogP contribution in [0.4, 0.5) is 0 Å². The summed E-state index contributed by atoms with van der Waals surface area (Å²) in [6.45, 7) is 4.81. The molecule has 0 bridgehead atoms. The van der Waals surface area contributed by atoms with Crippen LogP contribution in [0.3, 0.4) is 0 Å². The molecule has 0 saturated heterocycles. The number of H-pyrrole nitrogens is 1. The summed E-state index contributed by atoms with van der Waals surface area (Å²) < 4.78 is 11.0. The third-order valence-corrected chi connectivity index (χ3v) is 4.99. The van der Waals surface area contributed by atoms with E-state index < -0.39 is 0 Å². The van der Waals surface area contributed by atoms with Crippen molar-refractivity contribution < 1.29 is 14.3 Å². The van der Waals surface area contributed by atoms with E-state index in [1.54, 1.807) is 0 Å². The molecule has 0 amide bonds. The van der Waals surface area contributed by atoms with Gasteiger partial charge in [-0.15, -0.1) is 0 Å². The van der Waals surface area contributed by atoms with Crippen LogP contribution in [0.5, 0.6) is 5.75 Å². The first-order valence-corrected chi connectivity index (χ1v) is 9.46. The highest BCUT2D eigenvalue weighted by Crippen LogP contribution is 2.36. The van der Waals surface area contributed by atoms with Crippen molar-refractivity contribution in [2.24, 2.45) is 0 Å². The third-order valence-electron chi connectivity index (χ3n) is 4.99. The Morgan fingerprint density at radius 3 is 2.67 bits per heavy atom. The van der Waals surface area contributed by atoms with Gasteiger partial charge in [-0.25, -0.2) is 0 Å². The molecule has 0 aliphatic carbocycles. The van der Waals surface area contributed by atoms with Crippen LogP contribution in [0.2, 0.25) is 0 Å². The summed E-state index contributed by atoms with van der Waals surface area (Å²) in [7, 11) is 0. The maximum atomic E-state index is 12.5. The van der Waals surface area contributed by atoms with Crippen LogP contribution in [-0.2, 0) is 16.0 Å². The van der Waals surface area contributed by atoms with Gasteiger partial charge in [-0.3, -0.25) is 10.1 Å². The Labute approximate surface area is 158 Å². The van der Waals surface area contributed by atoms with E-state index in [2.05, 4.69) is 28.5 Å². The van der Waals surface area contributed by atoms with E-state index in [0.717, 1.165) is 33.5 Å². The normalized spacial score (nSPS) is 18.9. The standard InChI is InChI=1S/C22H24N2O3/c1-3-26-15-10-11-18-16(12-15)17-13-19(22(25)27-4-2)24-20(21(17)23-18)14-8-6-5-7-9-14/h5-12,19-20,23-24H,3-4,13H2,1-2H3. The number of aromatic amines is 1. The topological polar surface area (TPSA) is 63.4 Å².